The van der Waals surface area contributed by atoms with Crippen LogP contribution in [0.4, 0.5) is 0 Å². The van der Waals surface area contributed by atoms with Gasteiger partial charge in [-0.05, 0) is 44.0 Å². The van der Waals surface area contributed by atoms with Crippen LogP contribution < -0.4 is 4.74 Å². The lowest BCUT2D eigenvalue weighted by Gasteiger charge is -2.08. The van der Waals surface area contributed by atoms with Gasteiger partial charge in [-0.3, -0.25) is 0 Å². The van der Waals surface area contributed by atoms with Crippen LogP contribution in [0.25, 0.3) is 5.57 Å². The van der Waals surface area contributed by atoms with Crippen LogP contribution in [0.15, 0.2) is 29.8 Å². The Bertz CT molecular complexity index is 625. The summed E-state index contributed by atoms with van der Waals surface area (Å²) in [5.41, 5.74) is 1.17. The summed E-state index contributed by atoms with van der Waals surface area (Å²) >= 11 is 0. The summed E-state index contributed by atoms with van der Waals surface area (Å²) in [5, 5.41) is 9.12. The predicted octanol–water partition coefficient (Wildman–Crippen LogP) is 2.49. The standard InChI is InChI=1S/C17H19NO5/c1-4-21-16(19)11-23-14-8-6-13(7-9-14)12(3)15(10-18)17(20)22-5-2/h6-9H,4-5,11H2,1-3H3. The number of allylic oxidation sites excluding steroid dienone is 1. The number of benzene rings is 1. The third kappa shape index (κ3) is 5.47. The molecule has 0 amide bonds. The molecule has 0 N–H and O–H groups in total. The van der Waals surface area contributed by atoms with Gasteiger partial charge in [-0.15, -0.1) is 0 Å². The maximum atomic E-state index is 11.7. The lowest BCUT2D eigenvalue weighted by molar-refractivity contribution is -0.145. The van der Waals surface area contributed by atoms with E-state index in [1.807, 2.05) is 6.07 Å². The van der Waals surface area contributed by atoms with Crippen molar-refractivity contribution in [2.75, 3.05) is 19.8 Å². The molecule has 0 aliphatic heterocycles. The molecule has 6 heteroatoms. The summed E-state index contributed by atoms with van der Waals surface area (Å²) in [6.07, 6.45) is 0. The number of carbonyl (C=O) groups excluding carboxylic acids is 2. The average molecular weight is 317 g/mol. The quantitative estimate of drug-likeness (QED) is 0.436. The Morgan fingerprint density at radius 3 is 2.22 bits per heavy atom. The first kappa shape index (κ1) is 18.2. The molecule has 0 atom stereocenters. The van der Waals surface area contributed by atoms with E-state index in [2.05, 4.69) is 0 Å². The lowest BCUT2D eigenvalue weighted by atomic mass is 10.0. The SMILES string of the molecule is CCOC(=O)COc1ccc(C(C)=C(C#N)C(=O)OCC)cc1. The van der Waals surface area contributed by atoms with Crippen LogP contribution in [0.5, 0.6) is 5.75 Å². The second-order valence-corrected chi connectivity index (χ2v) is 4.45. The van der Waals surface area contributed by atoms with E-state index in [0.717, 1.165) is 0 Å². The van der Waals surface area contributed by atoms with Crippen LogP contribution in [0.3, 0.4) is 0 Å². The van der Waals surface area contributed by atoms with Gasteiger partial charge in [-0.25, -0.2) is 9.59 Å². The minimum Gasteiger partial charge on any atom is -0.482 e. The van der Waals surface area contributed by atoms with E-state index in [1.165, 1.54) is 0 Å². The van der Waals surface area contributed by atoms with Gasteiger partial charge in [0.1, 0.15) is 17.4 Å². The zero-order chi connectivity index (χ0) is 17.2. The molecule has 0 spiro atoms. The first-order valence-electron chi connectivity index (χ1n) is 7.20. The molecule has 0 unspecified atom stereocenters. The van der Waals surface area contributed by atoms with Crippen molar-refractivity contribution in [1.29, 1.82) is 5.26 Å². The maximum Gasteiger partial charge on any atom is 0.349 e. The highest BCUT2D eigenvalue weighted by atomic mass is 16.6. The first-order chi connectivity index (χ1) is 11.0. The summed E-state index contributed by atoms with van der Waals surface area (Å²) in [6.45, 7) is 5.40. The Hall–Kier alpha value is -2.81. The number of esters is 2. The molecule has 0 bridgehead atoms. The molecular formula is C17H19NO5. The molecule has 0 radical (unpaired) electrons. The Morgan fingerprint density at radius 1 is 1.09 bits per heavy atom. The Balaban J connectivity index is 2.84. The van der Waals surface area contributed by atoms with Gasteiger partial charge in [-0.2, -0.15) is 5.26 Å². The van der Waals surface area contributed by atoms with E-state index in [9.17, 15) is 9.59 Å². The summed E-state index contributed by atoms with van der Waals surface area (Å²) in [4.78, 5) is 22.9. The second kappa shape index (κ2) is 9.26. The summed E-state index contributed by atoms with van der Waals surface area (Å²) in [5.74, 6) is -0.596. The van der Waals surface area contributed by atoms with Crippen molar-refractivity contribution in [2.24, 2.45) is 0 Å². The van der Waals surface area contributed by atoms with Gasteiger partial charge in [0.05, 0.1) is 13.2 Å². The van der Waals surface area contributed by atoms with Crippen molar-refractivity contribution in [2.45, 2.75) is 20.8 Å². The van der Waals surface area contributed by atoms with Crippen molar-refractivity contribution in [3.63, 3.8) is 0 Å². The lowest BCUT2D eigenvalue weighted by Crippen LogP contribution is -2.14. The second-order valence-electron chi connectivity index (χ2n) is 4.45. The molecule has 1 aromatic rings. The Morgan fingerprint density at radius 2 is 1.70 bits per heavy atom. The zero-order valence-corrected chi connectivity index (χ0v) is 13.4. The van der Waals surface area contributed by atoms with Gasteiger partial charge in [-0.1, -0.05) is 12.1 Å². The van der Waals surface area contributed by atoms with Crippen LogP contribution in [0.2, 0.25) is 0 Å². The Kier molecular flexibility index (Phi) is 7.34. The smallest absolute Gasteiger partial charge is 0.349 e. The molecule has 0 saturated carbocycles. The van der Waals surface area contributed by atoms with Crippen molar-refractivity contribution in [3.8, 4) is 11.8 Å². The molecule has 0 fully saturated rings. The van der Waals surface area contributed by atoms with Gasteiger partial charge in [0.15, 0.2) is 6.61 Å². The molecular weight excluding hydrogens is 298 g/mol. The van der Waals surface area contributed by atoms with Crippen LogP contribution in [-0.2, 0) is 19.1 Å². The number of nitrogens with zero attached hydrogens (tertiary/aromatic N) is 1. The van der Waals surface area contributed by atoms with Gasteiger partial charge in [0.25, 0.3) is 0 Å². The first-order valence-corrected chi connectivity index (χ1v) is 7.20. The monoisotopic (exact) mass is 317 g/mol. The van der Waals surface area contributed by atoms with Crippen molar-refractivity contribution in [1.82, 2.24) is 0 Å². The van der Waals surface area contributed by atoms with Gasteiger partial charge >= 0.3 is 11.9 Å². The summed E-state index contributed by atoms with van der Waals surface area (Å²) in [7, 11) is 0. The zero-order valence-electron chi connectivity index (χ0n) is 13.4. The highest BCUT2D eigenvalue weighted by Crippen LogP contribution is 2.22. The van der Waals surface area contributed by atoms with E-state index in [1.54, 1.807) is 45.0 Å². The largest absolute Gasteiger partial charge is 0.482 e. The van der Waals surface area contributed by atoms with Crippen LogP contribution in [0.1, 0.15) is 26.3 Å². The number of carbonyl (C=O) groups is 2. The van der Waals surface area contributed by atoms with E-state index >= 15 is 0 Å². The molecule has 0 aromatic heterocycles. The molecule has 1 aromatic carbocycles. The minimum atomic E-state index is -0.643. The molecule has 1 rings (SSSR count). The normalized spacial score (nSPS) is 11.0. The number of ether oxygens (including phenoxy) is 3. The van der Waals surface area contributed by atoms with Gasteiger partial charge in [0.2, 0.25) is 0 Å². The topological polar surface area (TPSA) is 85.6 Å². The van der Waals surface area contributed by atoms with Crippen LogP contribution in [-0.4, -0.2) is 31.8 Å². The fourth-order valence-electron chi connectivity index (χ4n) is 1.78. The van der Waals surface area contributed by atoms with Crippen LogP contribution >= 0.6 is 0 Å². The number of nitriles is 1. The fraction of sp³-hybridized carbons (Fsp3) is 0.353. The van der Waals surface area contributed by atoms with Gasteiger partial charge in [0, 0.05) is 0 Å². The van der Waals surface area contributed by atoms with E-state index < -0.39 is 11.9 Å². The minimum absolute atomic E-state index is 0.0351. The van der Waals surface area contributed by atoms with Crippen LogP contribution in [0, 0.1) is 11.3 Å². The highest BCUT2D eigenvalue weighted by Gasteiger charge is 2.15. The molecule has 0 saturated heterocycles. The molecule has 0 heterocycles. The Labute approximate surface area is 135 Å². The molecule has 6 nitrogen and oxygen atoms in total. The number of hydrogen-bond donors (Lipinski definition) is 0. The molecule has 0 aliphatic rings. The average Bonchev–Trinajstić information content (AvgIpc) is 2.54. The molecule has 122 valence electrons. The van der Waals surface area contributed by atoms with Gasteiger partial charge < -0.3 is 14.2 Å². The summed E-state index contributed by atoms with van der Waals surface area (Å²) in [6, 6.07) is 8.57. The number of rotatable bonds is 7. The number of hydrogen-bond acceptors (Lipinski definition) is 6. The highest BCUT2D eigenvalue weighted by molar-refractivity contribution is 6.01. The summed E-state index contributed by atoms with van der Waals surface area (Å²) < 4.78 is 14.9. The van der Waals surface area contributed by atoms with Crippen molar-refractivity contribution >= 4 is 17.5 Å². The van der Waals surface area contributed by atoms with Crippen molar-refractivity contribution in [3.05, 3.63) is 35.4 Å². The third-order valence-corrected chi connectivity index (χ3v) is 2.92. The van der Waals surface area contributed by atoms with E-state index in [0.29, 0.717) is 23.5 Å². The van der Waals surface area contributed by atoms with E-state index in [-0.39, 0.29) is 18.8 Å². The molecule has 0 aliphatic carbocycles. The molecule has 23 heavy (non-hydrogen) atoms. The van der Waals surface area contributed by atoms with E-state index in [4.69, 9.17) is 19.5 Å². The third-order valence-electron chi connectivity index (χ3n) is 2.92. The fourth-order valence-corrected chi connectivity index (χ4v) is 1.78. The van der Waals surface area contributed by atoms with Crippen molar-refractivity contribution < 1.29 is 23.8 Å². The maximum absolute atomic E-state index is 11.7. The predicted molar refractivity (Wildman–Crippen MR) is 83.4 cm³/mol.